The molecule has 0 saturated heterocycles. The molecule has 0 radical (unpaired) electrons. The topological polar surface area (TPSA) is 78.1 Å². The van der Waals surface area contributed by atoms with E-state index in [9.17, 15) is 9.59 Å². The van der Waals surface area contributed by atoms with E-state index in [1.807, 2.05) is 0 Å². The number of hydrogen-bond donors (Lipinski definition) is 0. The minimum absolute atomic E-state index is 0.0742. The third-order valence-corrected chi connectivity index (χ3v) is 3.58. The van der Waals surface area contributed by atoms with Crippen molar-refractivity contribution in [3.05, 3.63) is 63.7 Å². The van der Waals surface area contributed by atoms with E-state index >= 15 is 0 Å². The first-order valence-electron chi connectivity index (χ1n) is 6.95. The highest BCUT2D eigenvalue weighted by Crippen LogP contribution is 2.23. The number of aryl methyl sites for hydroxylation is 1. The third-order valence-electron chi connectivity index (χ3n) is 3.33. The average molecular weight is 346 g/mol. The van der Waals surface area contributed by atoms with E-state index in [2.05, 4.69) is 9.73 Å². The maximum atomic E-state index is 11.9. The fraction of sp³-hybridized carbons (Fsp3) is 0.118. The molecule has 1 aromatic heterocycles. The number of cyclic esters (lactones) is 1. The Bertz CT molecular complexity index is 877. The molecule has 0 amide bonds. The van der Waals surface area contributed by atoms with Crippen molar-refractivity contribution in [1.29, 1.82) is 0 Å². The van der Waals surface area contributed by atoms with Crippen LogP contribution in [0.4, 0.5) is 0 Å². The standard InChI is InChI=1S/C17H12ClNO5/c1-9-13(16(20)22-2)7-12(23-9)8-14-17(21)24-15(19-14)10-3-5-11(18)6-4-10/h3-8H,1-2H3/b14-8-. The molecule has 2 heterocycles. The highest BCUT2D eigenvalue weighted by molar-refractivity contribution is 6.30. The van der Waals surface area contributed by atoms with Crippen molar-refractivity contribution in [3.63, 3.8) is 0 Å². The second-order valence-corrected chi connectivity index (χ2v) is 5.39. The molecular formula is C17H12ClNO5. The lowest BCUT2D eigenvalue weighted by Gasteiger charge is -1.98. The van der Waals surface area contributed by atoms with Crippen LogP contribution in [0.1, 0.15) is 27.4 Å². The first-order chi connectivity index (χ1) is 11.5. The predicted molar refractivity (Wildman–Crippen MR) is 86.8 cm³/mol. The maximum absolute atomic E-state index is 11.9. The summed E-state index contributed by atoms with van der Waals surface area (Å²) in [6.45, 7) is 1.63. The van der Waals surface area contributed by atoms with Gasteiger partial charge in [-0.15, -0.1) is 0 Å². The van der Waals surface area contributed by atoms with Crippen LogP contribution in [0.25, 0.3) is 6.08 Å². The molecule has 0 spiro atoms. The number of nitrogens with zero attached hydrogens (tertiary/aromatic N) is 1. The molecule has 1 aliphatic rings. The van der Waals surface area contributed by atoms with Gasteiger partial charge in [0.15, 0.2) is 5.70 Å². The molecule has 6 nitrogen and oxygen atoms in total. The van der Waals surface area contributed by atoms with E-state index < -0.39 is 11.9 Å². The van der Waals surface area contributed by atoms with Gasteiger partial charge >= 0.3 is 11.9 Å². The number of ether oxygens (including phenoxy) is 2. The van der Waals surface area contributed by atoms with Gasteiger partial charge in [0.1, 0.15) is 17.1 Å². The summed E-state index contributed by atoms with van der Waals surface area (Å²) in [7, 11) is 1.28. The summed E-state index contributed by atoms with van der Waals surface area (Å²) in [6, 6.07) is 8.23. The van der Waals surface area contributed by atoms with E-state index in [1.54, 1.807) is 31.2 Å². The zero-order valence-corrected chi connectivity index (χ0v) is 13.6. The Labute approximate surface area is 142 Å². The number of benzene rings is 1. The van der Waals surface area contributed by atoms with Gasteiger partial charge in [0.25, 0.3) is 0 Å². The minimum atomic E-state index is -0.603. The molecule has 0 aliphatic carbocycles. The Hall–Kier alpha value is -2.86. The average Bonchev–Trinajstić information content (AvgIpc) is 3.11. The zero-order valence-electron chi connectivity index (χ0n) is 12.8. The highest BCUT2D eigenvalue weighted by Gasteiger charge is 2.25. The molecule has 0 unspecified atom stereocenters. The number of carbonyl (C=O) groups excluding carboxylic acids is 2. The van der Waals surface area contributed by atoms with Gasteiger partial charge in [0.2, 0.25) is 5.90 Å². The third kappa shape index (κ3) is 3.09. The lowest BCUT2D eigenvalue weighted by molar-refractivity contribution is -0.129. The molecule has 3 rings (SSSR count). The monoisotopic (exact) mass is 345 g/mol. The van der Waals surface area contributed by atoms with Gasteiger partial charge in [0, 0.05) is 16.7 Å². The van der Waals surface area contributed by atoms with Crippen LogP contribution in [-0.2, 0) is 14.3 Å². The van der Waals surface area contributed by atoms with E-state index in [0.717, 1.165) is 0 Å². The molecule has 2 aromatic rings. The smallest absolute Gasteiger partial charge is 0.363 e. The molecule has 7 heteroatoms. The van der Waals surface area contributed by atoms with Crippen LogP contribution in [0.15, 0.2) is 45.4 Å². The molecule has 0 bridgehead atoms. The minimum Gasteiger partial charge on any atom is -0.465 e. The van der Waals surface area contributed by atoms with Gasteiger partial charge in [-0.3, -0.25) is 0 Å². The maximum Gasteiger partial charge on any atom is 0.363 e. The fourth-order valence-electron chi connectivity index (χ4n) is 2.15. The summed E-state index contributed by atoms with van der Waals surface area (Å²) in [5.74, 6) is -0.240. The number of rotatable bonds is 3. The quantitative estimate of drug-likeness (QED) is 0.629. The van der Waals surface area contributed by atoms with E-state index in [1.165, 1.54) is 19.3 Å². The van der Waals surface area contributed by atoms with Crippen molar-refractivity contribution >= 4 is 35.5 Å². The van der Waals surface area contributed by atoms with Crippen molar-refractivity contribution in [3.8, 4) is 0 Å². The Kier molecular flexibility index (Phi) is 4.22. The summed E-state index contributed by atoms with van der Waals surface area (Å²) in [5.41, 5.74) is 0.991. The van der Waals surface area contributed by atoms with Crippen LogP contribution in [0, 0.1) is 6.92 Å². The number of carbonyl (C=O) groups is 2. The number of furan rings is 1. The highest BCUT2D eigenvalue weighted by atomic mass is 35.5. The van der Waals surface area contributed by atoms with Crippen LogP contribution in [0.2, 0.25) is 5.02 Å². The summed E-state index contributed by atoms with van der Waals surface area (Å²) in [6.07, 6.45) is 1.41. The summed E-state index contributed by atoms with van der Waals surface area (Å²) in [5, 5.41) is 0.570. The van der Waals surface area contributed by atoms with Gasteiger partial charge in [-0.1, -0.05) is 11.6 Å². The second kappa shape index (κ2) is 6.33. The zero-order chi connectivity index (χ0) is 17.3. The van der Waals surface area contributed by atoms with Crippen molar-refractivity contribution < 1.29 is 23.5 Å². The first-order valence-corrected chi connectivity index (χ1v) is 7.33. The SMILES string of the molecule is COC(=O)c1cc(/C=C2\N=C(c3ccc(Cl)cc3)OC2=O)oc1C. The normalized spacial score (nSPS) is 15.4. The van der Waals surface area contributed by atoms with Crippen LogP contribution in [0.5, 0.6) is 0 Å². The number of hydrogen-bond acceptors (Lipinski definition) is 6. The first kappa shape index (κ1) is 16.0. The fourth-order valence-corrected chi connectivity index (χ4v) is 2.27. The Balaban J connectivity index is 1.91. The van der Waals surface area contributed by atoms with Crippen molar-refractivity contribution in [1.82, 2.24) is 0 Å². The predicted octanol–water partition coefficient (Wildman–Crippen LogP) is 3.37. The number of esters is 2. The van der Waals surface area contributed by atoms with Gasteiger partial charge in [-0.2, -0.15) is 0 Å². The summed E-state index contributed by atoms with van der Waals surface area (Å²) < 4.78 is 15.2. The molecule has 0 saturated carbocycles. The van der Waals surface area contributed by atoms with Gasteiger partial charge < -0.3 is 13.9 Å². The molecular weight excluding hydrogens is 334 g/mol. The van der Waals surface area contributed by atoms with Crippen LogP contribution in [-0.4, -0.2) is 24.9 Å². The molecule has 0 atom stereocenters. The van der Waals surface area contributed by atoms with Gasteiger partial charge in [-0.25, -0.2) is 14.6 Å². The van der Waals surface area contributed by atoms with Gasteiger partial charge in [-0.05, 0) is 37.3 Å². The summed E-state index contributed by atoms with van der Waals surface area (Å²) in [4.78, 5) is 27.7. The lowest BCUT2D eigenvalue weighted by Crippen LogP contribution is -2.05. The van der Waals surface area contributed by atoms with Gasteiger partial charge in [0.05, 0.1) is 7.11 Å². The second-order valence-electron chi connectivity index (χ2n) is 4.95. The van der Waals surface area contributed by atoms with Crippen molar-refractivity contribution in [2.24, 2.45) is 4.99 Å². The summed E-state index contributed by atoms with van der Waals surface area (Å²) >= 11 is 5.83. The number of halogens is 1. The van der Waals surface area contributed by atoms with E-state index in [-0.39, 0.29) is 17.2 Å². The Morgan fingerprint density at radius 3 is 2.67 bits per heavy atom. The van der Waals surface area contributed by atoms with E-state index in [4.69, 9.17) is 20.8 Å². The molecule has 1 aliphatic heterocycles. The largest absolute Gasteiger partial charge is 0.465 e. The number of methoxy groups -OCH3 is 1. The Morgan fingerprint density at radius 2 is 2.00 bits per heavy atom. The van der Waals surface area contributed by atoms with Crippen molar-refractivity contribution in [2.45, 2.75) is 6.92 Å². The molecule has 1 aromatic carbocycles. The molecule has 0 fully saturated rings. The van der Waals surface area contributed by atoms with Crippen LogP contribution >= 0.6 is 11.6 Å². The van der Waals surface area contributed by atoms with Crippen LogP contribution in [0.3, 0.4) is 0 Å². The van der Waals surface area contributed by atoms with Crippen molar-refractivity contribution in [2.75, 3.05) is 7.11 Å². The number of aliphatic imine (C=N–C) groups is 1. The molecule has 122 valence electrons. The Morgan fingerprint density at radius 1 is 1.29 bits per heavy atom. The van der Waals surface area contributed by atoms with Crippen LogP contribution < -0.4 is 0 Å². The lowest BCUT2D eigenvalue weighted by atomic mass is 10.2. The van der Waals surface area contributed by atoms with E-state index in [0.29, 0.717) is 22.1 Å². The molecule has 24 heavy (non-hydrogen) atoms. The molecule has 0 N–H and O–H groups in total.